The molecule has 0 aliphatic rings. The lowest BCUT2D eigenvalue weighted by Gasteiger charge is -2.32. The molecule has 0 fully saturated rings. The van der Waals surface area contributed by atoms with Gasteiger partial charge in [-0.15, -0.1) is 0 Å². The van der Waals surface area contributed by atoms with E-state index in [0.29, 0.717) is 12.4 Å². The molecule has 3 N–H and O–H groups in total. The first kappa shape index (κ1) is 14.9. The van der Waals surface area contributed by atoms with Gasteiger partial charge in [0.2, 0.25) is 0 Å². The Kier molecular flexibility index (Phi) is 4.70. The van der Waals surface area contributed by atoms with Crippen LogP contribution in [-0.4, -0.2) is 31.7 Å². The quantitative estimate of drug-likeness (QED) is 0.817. The fraction of sp³-hybridized carbons (Fsp3) is 0.583. The van der Waals surface area contributed by atoms with E-state index in [1.807, 2.05) is 13.8 Å². The Morgan fingerprint density at radius 2 is 2.00 bits per heavy atom. The van der Waals surface area contributed by atoms with Crippen molar-refractivity contribution in [1.29, 1.82) is 0 Å². The van der Waals surface area contributed by atoms with Gasteiger partial charge in [0, 0.05) is 19.0 Å². The number of aromatic nitrogens is 1. The Hall–Kier alpha value is -1.14. The first-order chi connectivity index (χ1) is 8.38. The van der Waals surface area contributed by atoms with E-state index in [1.165, 1.54) is 6.26 Å². The Labute approximate surface area is 109 Å². The number of pyridine rings is 1. The number of sulfone groups is 1. The molecule has 6 heteroatoms. The molecule has 5 nitrogen and oxygen atoms in total. The molecule has 0 aromatic carbocycles. The summed E-state index contributed by atoms with van der Waals surface area (Å²) in [5, 5.41) is 3.20. The van der Waals surface area contributed by atoms with Gasteiger partial charge in [0.05, 0.1) is 5.54 Å². The Balaban J connectivity index is 3.19. The van der Waals surface area contributed by atoms with Gasteiger partial charge in [-0.3, -0.25) is 0 Å². The molecular weight excluding hydrogens is 250 g/mol. The summed E-state index contributed by atoms with van der Waals surface area (Å²) in [6.45, 7) is 4.47. The molecule has 102 valence electrons. The van der Waals surface area contributed by atoms with Gasteiger partial charge in [-0.05, 0) is 25.0 Å². The Morgan fingerprint density at radius 1 is 1.39 bits per heavy atom. The van der Waals surface area contributed by atoms with Crippen molar-refractivity contribution in [2.24, 2.45) is 5.73 Å². The minimum absolute atomic E-state index is 0.213. The van der Waals surface area contributed by atoms with E-state index < -0.39 is 9.84 Å². The zero-order valence-corrected chi connectivity index (χ0v) is 11.9. The van der Waals surface area contributed by atoms with Crippen LogP contribution in [0.2, 0.25) is 0 Å². The van der Waals surface area contributed by atoms with E-state index in [2.05, 4.69) is 10.3 Å². The van der Waals surface area contributed by atoms with Crippen molar-refractivity contribution in [3.8, 4) is 0 Å². The third-order valence-electron chi connectivity index (χ3n) is 3.30. The topological polar surface area (TPSA) is 85.1 Å². The van der Waals surface area contributed by atoms with Crippen LogP contribution in [0.3, 0.4) is 0 Å². The summed E-state index contributed by atoms with van der Waals surface area (Å²) in [5.74, 6) is 0.383. The van der Waals surface area contributed by atoms with Gasteiger partial charge < -0.3 is 11.1 Å². The Bertz CT molecular complexity index is 488. The van der Waals surface area contributed by atoms with Gasteiger partial charge in [-0.1, -0.05) is 13.8 Å². The maximum Gasteiger partial charge on any atom is 0.179 e. The minimum atomic E-state index is -3.30. The first-order valence-electron chi connectivity index (χ1n) is 6.02. The highest BCUT2D eigenvalue weighted by molar-refractivity contribution is 7.90. The number of hydrogen-bond donors (Lipinski definition) is 2. The fourth-order valence-corrected chi connectivity index (χ4v) is 2.58. The number of anilines is 1. The molecule has 1 rings (SSSR count). The zero-order chi connectivity index (χ0) is 13.8. The summed E-state index contributed by atoms with van der Waals surface area (Å²) in [6, 6.07) is 3.17. The number of nitrogens with two attached hydrogens (primary N) is 1. The average molecular weight is 271 g/mol. The highest BCUT2D eigenvalue weighted by Crippen LogP contribution is 2.25. The molecule has 0 spiro atoms. The monoisotopic (exact) mass is 271 g/mol. The summed E-state index contributed by atoms with van der Waals surface area (Å²) < 4.78 is 23.4. The van der Waals surface area contributed by atoms with Gasteiger partial charge in [0.25, 0.3) is 0 Å². The van der Waals surface area contributed by atoms with Crippen LogP contribution in [-0.2, 0) is 9.84 Å². The second kappa shape index (κ2) is 5.67. The lowest BCUT2D eigenvalue weighted by molar-refractivity contribution is 0.442. The van der Waals surface area contributed by atoms with Crippen molar-refractivity contribution >= 4 is 15.7 Å². The molecule has 0 bridgehead atoms. The van der Waals surface area contributed by atoms with Crippen LogP contribution in [0.25, 0.3) is 0 Å². The van der Waals surface area contributed by atoms with Crippen LogP contribution in [0.15, 0.2) is 23.2 Å². The summed E-state index contributed by atoms with van der Waals surface area (Å²) in [7, 11) is -3.30. The normalized spacial score (nSPS) is 12.4. The SMILES string of the molecule is CCC(CC)(CN)Nc1ncccc1S(C)(=O)=O. The van der Waals surface area contributed by atoms with E-state index in [4.69, 9.17) is 5.73 Å². The zero-order valence-electron chi connectivity index (χ0n) is 11.1. The third kappa shape index (κ3) is 3.20. The molecule has 0 aliphatic heterocycles. The van der Waals surface area contributed by atoms with Crippen molar-refractivity contribution in [1.82, 2.24) is 4.98 Å². The van der Waals surface area contributed by atoms with Crippen LogP contribution in [0.5, 0.6) is 0 Å². The first-order valence-corrected chi connectivity index (χ1v) is 7.91. The van der Waals surface area contributed by atoms with Gasteiger partial charge >= 0.3 is 0 Å². The van der Waals surface area contributed by atoms with Crippen LogP contribution in [0.4, 0.5) is 5.82 Å². The standard InChI is InChI=1S/C12H21N3O2S/c1-4-12(5-2,9-13)15-11-10(18(3,16)17)7-6-8-14-11/h6-8H,4-5,9,13H2,1-3H3,(H,14,15). The van der Waals surface area contributed by atoms with Crippen molar-refractivity contribution < 1.29 is 8.42 Å². The summed E-state index contributed by atoms with van der Waals surface area (Å²) in [6.07, 6.45) is 4.36. The van der Waals surface area contributed by atoms with E-state index in [-0.39, 0.29) is 10.4 Å². The molecule has 1 heterocycles. The third-order valence-corrected chi connectivity index (χ3v) is 4.43. The maximum absolute atomic E-state index is 11.7. The molecule has 0 saturated carbocycles. The summed E-state index contributed by atoms with van der Waals surface area (Å²) in [4.78, 5) is 4.34. The predicted octanol–water partition coefficient (Wildman–Crippen LogP) is 1.41. The van der Waals surface area contributed by atoms with E-state index in [1.54, 1.807) is 18.3 Å². The van der Waals surface area contributed by atoms with Gasteiger partial charge in [-0.2, -0.15) is 0 Å². The summed E-state index contributed by atoms with van der Waals surface area (Å²) in [5.41, 5.74) is 5.48. The van der Waals surface area contributed by atoms with Gasteiger partial charge in [-0.25, -0.2) is 13.4 Å². The second-order valence-corrected chi connectivity index (χ2v) is 6.42. The smallest absolute Gasteiger partial charge is 0.179 e. The van der Waals surface area contributed by atoms with Gasteiger partial charge in [0.15, 0.2) is 9.84 Å². The maximum atomic E-state index is 11.7. The molecule has 0 unspecified atom stereocenters. The van der Waals surface area contributed by atoms with Crippen LogP contribution >= 0.6 is 0 Å². The molecule has 0 saturated heterocycles. The Morgan fingerprint density at radius 3 is 2.44 bits per heavy atom. The molecule has 0 aliphatic carbocycles. The molecule has 0 atom stereocenters. The molecule has 1 aromatic rings. The van der Waals surface area contributed by atoms with E-state index in [0.717, 1.165) is 12.8 Å². The van der Waals surface area contributed by atoms with Crippen molar-refractivity contribution in [2.45, 2.75) is 37.1 Å². The van der Waals surface area contributed by atoms with Crippen LogP contribution in [0, 0.1) is 0 Å². The number of nitrogens with zero attached hydrogens (tertiary/aromatic N) is 1. The number of hydrogen-bond acceptors (Lipinski definition) is 5. The predicted molar refractivity (Wildman–Crippen MR) is 73.3 cm³/mol. The molecule has 1 aromatic heterocycles. The molecule has 0 amide bonds. The van der Waals surface area contributed by atoms with Gasteiger partial charge in [0.1, 0.15) is 10.7 Å². The fourth-order valence-electron chi connectivity index (χ4n) is 1.80. The number of rotatable bonds is 6. The summed E-state index contributed by atoms with van der Waals surface area (Å²) >= 11 is 0. The largest absolute Gasteiger partial charge is 0.362 e. The second-order valence-electron chi connectivity index (χ2n) is 4.44. The highest BCUT2D eigenvalue weighted by Gasteiger charge is 2.26. The minimum Gasteiger partial charge on any atom is -0.362 e. The molecule has 18 heavy (non-hydrogen) atoms. The van der Waals surface area contributed by atoms with E-state index >= 15 is 0 Å². The number of nitrogens with one attached hydrogen (secondary N) is 1. The average Bonchev–Trinajstić information content (AvgIpc) is 2.35. The molecular formula is C12H21N3O2S. The molecule has 0 radical (unpaired) electrons. The van der Waals surface area contributed by atoms with Crippen LogP contribution < -0.4 is 11.1 Å². The lowest BCUT2D eigenvalue weighted by atomic mass is 9.93. The van der Waals surface area contributed by atoms with Crippen molar-refractivity contribution in [2.75, 3.05) is 18.1 Å². The highest BCUT2D eigenvalue weighted by atomic mass is 32.2. The van der Waals surface area contributed by atoms with Crippen LogP contribution in [0.1, 0.15) is 26.7 Å². The lowest BCUT2D eigenvalue weighted by Crippen LogP contribution is -2.44. The van der Waals surface area contributed by atoms with E-state index in [9.17, 15) is 8.42 Å². The van der Waals surface area contributed by atoms with Crippen molar-refractivity contribution in [3.63, 3.8) is 0 Å². The van der Waals surface area contributed by atoms with Crippen molar-refractivity contribution in [3.05, 3.63) is 18.3 Å².